The average molecular weight is 455 g/mol. The first-order chi connectivity index (χ1) is 15.0. The van der Waals surface area contributed by atoms with Gasteiger partial charge in [0.15, 0.2) is 0 Å². The van der Waals surface area contributed by atoms with Crippen LogP contribution in [0.3, 0.4) is 0 Å². The van der Waals surface area contributed by atoms with Crippen LogP contribution in [0.25, 0.3) is 21.0 Å². The largest absolute Gasteiger partial charge is 0.357 e. The number of rotatable bonds is 6. The first-order valence-electron chi connectivity index (χ1n) is 10.1. The lowest BCUT2D eigenvalue weighted by molar-refractivity contribution is -0.134. The second kappa shape index (κ2) is 8.07. The Labute approximate surface area is 184 Å². The highest BCUT2D eigenvalue weighted by atomic mass is 32.2. The molecule has 31 heavy (non-hydrogen) atoms. The molecule has 0 unspecified atom stereocenters. The zero-order valence-corrected chi connectivity index (χ0v) is 18.5. The molecule has 1 fully saturated rings. The molecule has 160 valence electrons. The normalized spacial score (nSPS) is 15.9. The number of piperazine rings is 1. The summed E-state index contributed by atoms with van der Waals surface area (Å²) in [5.41, 5.74) is 1.89. The SMILES string of the molecule is O=C1CN(S(=O)(=O)CCc2cc3ccccc3s2)CCN1Cc1cc2cnccc2[nH]1. The number of H-pyrrole nitrogens is 1. The lowest BCUT2D eigenvalue weighted by Crippen LogP contribution is -2.52. The Hall–Kier alpha value is -2.75. The Balaban J connectivity index is 1.21. The molecule has 4 heterocycles. The molecule has 1 aromatic carbocycles. The van der Waals surface area contributed by atoms with Crippen LogP contribution >= 0.6 is 11.3 Å². The van der Waals surface area contributed by atoms with Crippen LogP contribution in [-0.2, 0) is 27.8 Å². The van der Waals surface area contributed by atoms with E-state index in [1.807, 2.05) is 36.4 Å². The Morgan fingerprint density at radius 1 is 1.10 bits per heavy atom. The molecule has 3 aromatic heterocycles. The summed E-state index contributed by atoms with van der Waals surface area (Å²) in [4.78, 5) is 22.8. The fourth-order valence-electron chi connectivity index (χ4n) is 3.93. The fourth-order valence-corrected chi connectivity index (χ4v) is 6.53. The van der Waals surface area contributed by atoms with Crippen LogP contribution in [0, 0.1) is 0 Å². The lowest BCUT2D eigenvalue weighted by atomic mass is 10.2. The Morgan fingerprint density at radius 3 is 2.77 bits per heavy atom. The highest BCUT2D eigenvalue weighted by Crippen LogP contribution is 2.26. The maximum Gasteiger partial charge on any atom is 0.238 e. The number of hydrogen-bond donors (Lipinski definition) is 1. The number of carbonyl (C=O) groups is 1. The van der Waals surface area contributed by atoms with Gasteiger partial charge in [-0.25, -0.2) is 8.42 Å². The minimum atomic E-state index is -3.49. The van der Waals surface area contributed by atoms with Gasteiger partial charge in [0.05, 0.1) is 18.8 Å². The molecular formula is C22H22N4O3S2. The van der Waals surface area contributed by atoms with Crippen molar-refractivity contribution in [1.82, 2.24) is 19.2 Å². The maximum atomic E-state index is 12.8. The number of pyridine rings is 1. The van der Waals surface area contributed by atoms with Crippen LogP contribution in [0.5, 0.6) is 0 Å². The van der Waals surface area contributed by atoms with Crippen LogP contribution in [0.4, 0.5) is 0 Å². The van der Waals surface area contributed by atoms with Crippen molar-refractivity contribution in [3.8, 4) is 0 Å². The number of thiophene rings is 1. The summed E-state index contributed by atoms with van der Waals surface area (Å²) in [6.45, 7) is 1.04. The van der Waals surface area contributed by atoms with Crippen LogP contribution in [0.15, 0.2) is 54.9 Å². The van der Waals surface area contributed by atoms with Crippen molar-refractivity contribution >= 4 is 48.3 Å². The summed E-state index contributed by atoms with van der Waals surface area (Å²) in [6, 6.07) is 14.0. The zero-order valence-electron chi connectivity index (χ0n) is 16.8. The smallest absolute Gasteiger partial charge is 0.238 e. The highest BCUT2D eigenvalue weighted by molar-refractivity contribution is 7.89. The number of carbonyl (C=O) groups excluding carboxylic acids is 1. The number of nitrogens with zero attached hydrogens (tertiary/aromatic N) is 3. The summed E-state index contributed by atoms with van der Waals surface area (Å²) in [5, 5.41) is 2.13. The second-order valence-electron chi connectivity index (χ2n) is 7.72. The quantitative estimate of drug-likeness (QED) is 0.485. The topological polar surface area (TPSA) is 86.4 Å². The third kappa shape index (κ3) is 4.21. The van der Waals surface area contributed by atoms with Gasteiger partial charge in [-0.15, -0.1) is 11.3 Å². The van der Waals surface area contributed by atoms with Crippen LogP contribution in [0.2, 0.25) is 0 Å². The van der Waals surface area contributed by atoms with Crippen LogP contribution < -0.4 is 0 Å². The molecule has 4 aromatic rings. The molecule has 0 spiro atoms. The molecule has 1 saturated heterocycles. The van der Waals surface area contributed by atoms with Crippen molar-refractivity contribution in [3.05, 3.63) is 65.4 Å². The minimum Gasteiger partial charge on any atom is -0.357 e. The number of benzene rings is 1. The van der Waals surface area contributed by atoms with E-state index in [1.54, 1.807) is 28.6 Å². The van der Waals surface area contributed by atoms with E-state index in [4.69, 9.17) is 0 Å². The predicted octanol–water partition coefficient (Wildman–Crippen LogP) is 2.99. The molecule has 0 atom stereocenters. The maximum absolute atomic E-state index is 12.8. The number of nitrogens with one attached hydrogen (secondary N) is 1. The van der Waals surface area contributed by atoms with Crippen LogP contribution in [0.1, 0.15) is 10.6 Å². The molecular weight excluding hydrogens is 432 g/mol. The predicted molar refractivity (Wildman–Crippen MR) is 122 cm³/mol. The molecule has 9 heteroatoms. The molecule has 1 N–H and O–H groups in total. The van der Waals surface area contributed by atoms with Crippen LogP contribution in [-0.4, -0.2) is 58.9 Å². The van der Waals surface area contributed by atoms with Gasteiger partial charge in [-0.05, 0) is 36.1 Å². The number of amides is 1. The number of fused-ring (bicyclic) bond motifs is 2. The van der Waals surface area contributed by atoms with Crippen molar-refractivity contribution in [1.29, 1.82) is 0 Å². The first kappa shape index (κ1) is 20.2. The standard InChI is InChI=1S/C22H22N4O3S2/c27-22-15-26(9-8-25(22)14-18-11-17-13-23-7-5-20(17)24-18)31(28,29)10-6-19-12-16-3-1-2-4-21(16)30-19/h1-5,7,11-13,24H,6,8-10,14-15H2. The summed E-state index contributed by atoms with van der Waals surface area (Å²) in [7, 11) is -3.49. The van der Waals surface area contributed by atoms with E-state index < -0.39 is 10.0 Å². The van der Waals surface area contributed by atoms with Gasteiger partial charge in [-0.3, -0.25) is 9.78 Å². The molecule has 1 aliphatic rings. The number of aryl methyl sites for hydroxylation is 1. The third-order valence-corrected chi connectivity index (χ3v) is 8.59. The molecule has 5 rings (SSSR count). The molecule has 1 aliphatic heterocycles. The van der Waals surface area contributed by atoms with E-state index >= 15 is 0 Å². The van der Waals surface area contributed by atoms with Gasteiger partial charge in [0.2, 0.25) is 15.9 Å². The Kier molecular flexibility index (Phi) is 5.25. The van der Waals surface area contributed by atoms with Gasteiger partial charge in [0, 0.05) is 51.7 Å². The van der Waals surface area contributed by atoms with Gasteiger partial charge in [0.25, 0.3) is 0 Å². The average Bonchev–Trinajstić information content (AvgIpc) is 3.36. The lowest BCUT2D eigenvalue weighted by Gasteiger charge is -2.33. The van der Waals surface area contributed by atoms with E-state index in [-0.39, 0.29) is 18.2 Å². The number of sulfonamides is 1. The second-order valence-corrected chi connectivity index (χ2v) is 11.0. The van der Waals surface area contributed by atoms with Crippen molar-refractivity contribution in [2.45, 2.75) is 13.0 Å². The van der Waals surface area contributed by atoms with Gasteiger partial charge in [-0.1, -0.05) is 18.2 Å². The van der Waals surface area contributed by atoms with Gasteiger partial charge in [-0.2, -0.15) is 4.31 Å². The van der Waals surface area contributed by atoms with Gasteiger partial charge < -0.3 is 9.88 Å². The molecule has 0 saturated carbocycles. The summed E-state index contributed by atoms with van der Waals surface area (Å²) in [6.07, 6.45) is 3.95. The molecule has 0 aliphatic carbocycles. The summed E-state index contributed by atoms with van der Waals surface area (Å²) >= 11 is 1.62. The third-order valence-electron chi connectivity index (χ3n) is 5.60. The molecule has 0 bridgehead atoms. The Bertz CT molecular complexity index is 1290. The molecule has 0 radical (unpaired) electrons. The van der Waals surface area contributed by atoms with E-state index in [0.717, 1.165) is 31.6 Å². The fraction of sp³-hybridized carbons (Fsp3) is 0.273. The summed E-state index contributed by atoms with van der Waals surface area (Å²) in [5.74, 6) is -0.157. The Morgan fingerprint density at radius 2 is 1.97 bits per heavy atom. The van der Waals surface area contributed by atoms with E-state index in [1.165, 1.54) is 4.31 Å². The van der Waals surface area contributed by atoms with E-state index in [0.29, 0.717) is 26.1 Å². The zero-order chi connectivity index (χ0) is 21.4. The number of aromatic nitrogens is 2. The monoisotopic (exact) mass is 454 g/mol. The van der Waals surface area contributed by atoms with Crippen molar-refractivity contribution in [2.75, 3.05) is 25.4 Å². The van der Waals surface area contributed by atoms with E-state index in [9.17, 15) is 13.2 Å². The van der Waals surface area contributed by atoms with Crippen molar-refractivity contribution in [3.63, 3.8) is 0 Å². The van der Waals surface area contributed by atoms with Gasteiger partial charge >= 0.3 is 0 Å². The highest BCUT2D eigenvalue weighted by Gasteiger charge is 2.31. The number of aromatic amines is 1. The molecule has 7 nitrogen and oxygen atoms in total. The summed E-state index contributed by atoms with van der Waals surface area (Å²) < 4.78 is 28.2. The van der Waals surface area contributed by atoms with Gasteiger partial charge in [0.1, 0.15) is 0 Å². The first-order valence-corrected chi connectivity index (χ1v) is 12.6. The number of hydrogen-bond acceptors (Lipinski definition) is 5. The van der Waals surface area contributed by atoms with Crippen molar-refractivity contribution < 1.29 is 13.2 Å². The molecule has 1 amide bonds. The minimum absolute atomic E-state index is 0.0160. The van der Waals surface area contributed by atoms with Crippen molar-refractivity contribution in [2.24, 2.45) is 0 Å². The van der Waals surface area contributed by atoms with E-state index in [2.05, 4.69) is 16.0 Å².